The van der Waals surface area contributed by atoms with Crippen molar-refractivity contribution < 1.29 is 9.26 Å². The number of ether oxygens (including phenoxy) is 1. The summed E-state index contributed by atoms with van der Waals surface area (Å²) in [5, 5.41) is 3.94. The molecule has 0 amide bonds. The number of nitrogens with zero attached hydrogens (tertiary/aromatic N) is 1. The minimum absolute atomic E-state index is 0.698. The van der Waals surface area contributed by atoms with E-state index in [1.165, 1.54) is 0 Å². The normalized spacial score (nSPS) is 10.5. The van der Waals surface area contributed by atoms with E-state index in [4.69, 9.17) is 15.0 Å². The minimum atomic E-state index is 0.698. The van der Waals surface area contributed by atoms with Gasteiger partial charge in [-0.2, -0.15) is 0 Å². The van der Waals surface area contributed by atoms with Crippen molar-refractivity contribution in [3.8, 4) is 5.75 Å². The molecule has 90 valence electrons. The number of aromatic nitrogens is 1. The molecule has 0 unspecified atom stereocenters. The van der Waals surface area contributed by atoms with Crippen LogP contribution < -0.4 is 10.5 Å². The summed E-state index contributed by atoms with van der Waals surface area (Å²) >= 11 is 1.64. The number of aryl methyl sites for hydroxylation is 1. The third kappa shape index (κ3) is 2.94. The van der Waals surface area contributed by atoms with Gasteiger partial charge in [0.15, 0.2) is 0 Å². The molecule has 0 aliphatic heterocycles. The molecule has 1 heterocycles. The summed E-state index contributed by atoms with van der Waals surface area (Å²) in [4.78, 5) is 1.04. The summed E-state index contributed by atoms with van der Waals surface area (Å²) in [6.07, 6.45) is 0. The fraction of sp³-hybridized carbons (Fsp3) is 0.250. The Morgan fingerprint density at radius 2 is 2.24 bits per heavy atom. The first kappa shape index (κ1) is 11.9. The SMILES string of the molecule is COc1cc(N)ccc1SCc1cc(C)on1. The van der Waals surface area contributed by atoms with E-state index >= 15 is 0 Å². The van der Waals surface area contributed by atoms with Crippen molar-refractivity contribution >= 4 is 17.4 Å². The molecule has 2 N–H and O–H groups in total. The molecule has 5 heteroatoms. The molecule has 0 saturated heterocycles. The average Bonchev–Trinajstić information content (AvgIpc) is 2.73. The highest BCUT2D eigenvalue weighted by Gasteiger charge is 2.06. The molecule has 0 bridgehead atoms. The predicted molar refractivity (Wildman–Crippen MR) is 68.2 cm³/mol. The highest BCUT2D eigenvalue weighted by Crippen LogP contribution is 2.32. The standard InChI is InChI=1S/C12H14N2O2S/c1-8-5-10(14-16-8)7-17-12-4-3-9(13)6-11(12)15-2/h3-6H,7,13H2,1-2H3. The molecular formula is C12H14N2O2S. The third-order valence-corrected chi connectivity index (χ3v) is 3.33. The van der Waals surface area contributed by atoms with Crippen LogP contribution in [0, 0.1) is 6.92 Å². The highest BCUT2D eigenvalue weighted by molar-refractivity contribution is 7.98. The van der Waals surface area contributed by atoms with Crippen LogP contribution in [0.4, 0.5) is 5.69 Å². The van der Waals surface area contributed by atoms with Gasteiger partial charge < -0.3 is 15.0 Å². The number of methoxy groups -OCH3 is 1. The Morgan fingerprint density at radius 3 is 2.88 bits per heavy atom. The van der Waals surface area contributed by atoms with Gasteiger partial charge in [-0.1, -0.05) is 5.16 Å². The fourth-order valence-electron chi connectivity index (χ4n) is 1.44. The van der Waals surface area contributed by atoms with Crippen LogP contribution >= 0.6 is 11.8 Å². The van der Waals surface area contributed by atoms with Crippen LogP contribution in [-0.4, -0.2) is 12.3 Å². The molecule has 17 heavy (non-hydrogen) atoms. The Hall–Kier alpha value is -1.62. The van der Waals surface area contributed by atoms with Crippen LogP contribution in [0.1, 0.15) is 11.5 Å². The number of benzene rings is 1. The van der Waals surface area contributed by atoms with Gasteiger partial charge in [-0.15, -0.1) is 11.8 Å². The van der Waals surface area contributed by atoms with E-state index in [1.807, 2.05) is 31.2 Å². The zero-order chi connectivity index (χ0) is 12.3. The smallest absolute Gasteiger partial charge is 0.134 e. The van der Waals surface area contributed by atoms with Gasteiger partial charge in [-0.3, -0.25) is 0 Å². The quantitative estimate of drug-likeness (QED) is 0.667. The molecule has 0 aliphatic rings. The largest absolute Gasteiger partial charge is 0.496 e. The molecule has 0 fully saturated rings. The second-order valence-corrected chi connectivity index (χ2v) is 4.65. The lowest BCUT2D eigenvalue weighted by molar-refractivity contribution is 0.392. The van der Waals surface area contributed by atoms with E-state index in [2.05, 4.69) is 5.16 Å². The minimum Gasteiger partial charge on any atom is -0.496 e. The van der Waals surface area contributed by atoms with E-state index < -0.39 is 0 Å². The number of hydrogen-bond donors (Lipinski definition) is 1. The number of nitrogen functional groups attached to an aromatic ring is 1. The summed E-state index contributed by atoms with van der Waals surface area (Å²) in [6, 6.07) is 7.55. The van der Waals surface area contributed by atoms with Gasteiger partial charge in [0.25, 0.3) is 0 Å². The van der Waals surface area contributed by atoms with Crippen molar-refractivity contribution in [2.75, 3.05) is 12.8 Å². The maximum Gasteiger partial charge on any atom is 0.134 e. The Kier molecular flexibility index (Phi) is 3.58. The lowest BCUT2D eigenvalue weighted by Gasteiger charge is -2.07. The summed E-state index contributed by atoms with van der Waals surface area (Å²) in [6.45, 7) is 1.88. The second kappa shape index (κ2) is 5.14. The Morgan fingerprint density at radius 1 is 1.41 bits per heavy atom. The monoisotopic (exact) mass is 250 g/mol. The first-order valence-electron chi connectivity index (χ1n) is 5.17. The first-order valence-corrected chi connectivity index (χ1v) is 6.16. The number of hydrogen-bond acceptors (Lipinski definition) is 5. The van der Waals surface area contributed by atoms with Gasteiger partial charge in [0.1, 0.15) is 11.5 Å². The van der Waals surface area contributed by atoms with Gasteiger partial charge >= 0.3 is 0 Å². The van der Waals surface area contributed by atoms with Crippen LogP contribution in [0.3, 0.4) is 0 Å². The van der Waals surface area contributed by atoms with Gasteiger partial charge in [0, 0.05) is 28.5 Å². The molecule has 1 aromatic carbocycles. The lowest BCUT2D eigenvalue weighted by Crippen LogP contribution is -1.90. The molecule has 2 aromatic rings. The molecule has 2 rings (SSSR count). The Bertz CT molecular complexity index is 511. The maximum atomic E-state index is 5.70. The number of rotatable bonds is 4. The van der Waals surface area contributed by atoms with Crippen LogP contribution in [-0.2, 0) is 5.75 Å². The molecule has 4 nitrogen and oxygen atoms in total. The highest BCUT2D eigenvalue weighted by atomic mass is 32.2. The van der Waals surface area contributed by atoms with Crippen molar-refractivity contribution in [1.29, 1.82) is 0 Å². The summed E-state index contributed by atoms with van der Waals surface area (Å²) < 4.78 is 10.3. The van der Waals surface area contributed by atoms with Crippen LogP contribution in [0.25, 0.3) is 0 Å². The third-order valence-electron chi connectivity index (χ3n) is 2.24. The van der Waals surface area contributed by atoms with Gasteiger partial charge in [-0.05, 0) is 19.1 Å². The van der Waals surface area contributed by atoms with Crippen molar-refractivity contribution in [1.82, 2.24) is 5.16 Å². The maximum absolute atomic E-state index is 5.70. The lowest BCUT2D eigenvalue weighted by atomic mass is 10.3. The van der Waals surface area contributed by atoms with Crippen LogP contribution in [0.2, 0.25) is 0 Å². The molecule has 0 saturated carbocycles. The molecule has 0 aliphatic carbocycles. The van der Waals surface area contributed by atoms with E-state index in [1.54, 1.807) is 18.9 Å². The van der Waals surface area contributed by atoms with E-state index in [-0.39, 0.29) is 0 Å². The van der Waals surface area contributed by atoms with Crippen molar-refractivity contribution in [2.24, 2.45) is 0 Å². The topological polar surface area (TPSA) is 61.3 Å². The second-order valence-electron chi connectivity index (χ2n) is 3.63. The number of nitrogens with two attached hydrogens (primary N) is 1. The van der Waals surface area contributed by atoms with Crippen molar-refractivity contribution in [3.05, 3.63) is 35.7 Å². The average molecular weight is 250 g/mol. The fourth-order valence-corrected chi connectivity index (χ4v) is 2.33. The summed E-state index contributed by atoms with van der Waals surface area (Å²) in [5.41, 5.74) is 7.32. The van der Waals surface area contributed by atoms with Crippen molar-refractivity contribution in [3.63, 3.8) is 0 Å². The summed E-state index contributed by atoms with van der Waals surface area (Å²) in [5.74, 6) is 2.36. The van der Waals surface area contributed by atoms with E-state index in [9.17, 15) is 0 Å². The van der Waals surface area contributed by atoms with Crippen LogP contribution in [0.5, 0.6) is 5.75 Å². The van der Waals surface area contributed by atoms with E-state index in [0.29, 0.717) is 5.69 Å². The molecule has 0 radical (unpaired) electrons. The molecular weight excluding hydrogens is 236 g/mol. The Balaban J connectivity index is 2.08. The van der Waals surface area contributed by atoms with E-state index in [0.717, 1.165) is 27.9 Å². The first-order chi connectivity index (χ1) is 8.19. The molecule has 0 spiro atoms. The zero-order valence-corrected chi connectivity index (χ0v) is 10.6. The zero-order valence-electron chi connectivity index (χ0n) is 9.77. The van der Waals surface area contributed by atoms with Gasteiger partial charge in [0.2, 0.25) is 0 Å². The predicted octanol–water partition coefficient (Wildman–Crippen LogP) is 2.87. The summed E-state index contributed by atoms with van der Waals surface area (Å²) in [7, 11) is 1.64. The molecule has 1 aromatic heterocycles. The number of thioether (sulfide) groups is 1. The van der Waals surface area contributed by atoms with Gasteiger partial charge in [0.05, 0.1) is 12.8 Å². The molecule has 0 atom stereocenters. The van der Waals surface area contributed by atoms with Crippen LogP contribution in [0.15, 0.2) is 33.7 Å². The Labute approximate surface area is 104 Å². The number of anilines is 1. The van der Waals surface area contributed by atoms with Crippen molar-refractivity contribution in [2.45, 2.75) is 17.6 Å². The van der Waals surface area contributed by atoms with Gasteiger partial charge in [-0.25, -0.2) is 0 Å².